The molecule has 1 aliphatic rings. The smallest absolute Gasteiger partial charge is 0.224 e. The maximum atomic E-state index is 12.1. The van der Waals surface area contributed by atoms with Crippen LogP contribution < -0.4 is 10.2 Å². The summed E-state index contributed by atoms with van der Waals surface area (Å²) >= 11 is 7.96. The second-order valence-corrected chi connectivity index (χ2v) is 6.98. The molecule has 23 heavy (non-hydrogen) atoms. The van der Waals surface area contributed by atoms with Gasteiger partial charge >= 0.3 is 0 Å². The Morgan fingerprint density at radius 1 is 1.17 bits per heavy atom. The molecule has 0 saturated heterocycles. The summed E-state index contributed by atoms with van der Waals surface area (Å²) in [5.74, 6) is 1.11. The van der Waals surface area contributed by atoms with Gasteiger partial charge in [-0.25, -0.2) is 0 Å². The van der Waals surface area contributed by atoms with Crippen LogP contribution in [0.2, 0.25) is 5.02 Å². The Kier molecular flexibility index (Phi) is 5.47. The lowest BCUT2D eigenvalue weighted by Gasteiger charge is -2.30. The van der Waals surface area contributed by atoms with E-state index in [4.69, 9.17) is 11.6 Å². The van der Waals surface area contributed by atoms with Crippen LogP contribution in [0.25, 0.3) is 0 Å². The first kappa shape index (κ1) is 16.2. The number of carbonyl (C=O) groups is 1. The molecule has 0 spiro atoms. The molecule has 0 radical (unpaired) electrons. The highest BCUT2D eigenvalue weighted by Crippen LogP contribution is 2.34. The van der Waals surface area contributed by atoms with Crippen LogP contribution in [0.5, 0.6) is 0 Å². The SMILES string of the molecule is O=C(CCCN1CCSc2ccccc21)Nc1ccccc1Cl. The topological polar surface area (TPSA) is 32.3 Å². The van der Waals surface area contributed by atoms with Gasteiger partial charge in [-0.2, -0.15) is 0 Å². The van der Waals surface area contributed by atoms with Crippen LogP contribution in [-0.4, -0.2) is 24.7 Å². The standard InChI is InChI=1S/C18H19ClN2OS/c19-14-6-1-2-7-15(14)20-18(22)10-5-11-21-12-13-23-17-9-4-3-8-16(17)21/h1-4,6-9H,5,10-13H2,(H,20,22). The van der Waals surface area contributed by atoms with Gasteiger partial charge in [0.15, 0.2) is 0 Å². The Labute approximate surface area is 146 Å². The largest absolute Gasteiger partial charge is 0.370 e. The van der Waals surface area contributed by atoms with Gasteiger partial charge in [0, 0.05) is 30.2 Å². The van der Waals surface area contributed by atoms with E-state index in [1.165, 1.54) is 10.6 Å². The second kappa shape index (κ2) is 7.75. The molecule has 120 valence electrons. The molecular formula is C18H19ClN2OS. The van der Waals surface area contributed by atoms with Crippen LogP contribution >= 0.6 is 23.4 Å². The van der Waals surface area contributed by atoms with Crippen LogP contribution in [0.3, 0.4) is 0 Å². The fourth-order valence-electron chi connectivity index (χ4n) is 2.66. The third-order valence-corrected chi connectivity index (χ3v) is 5.18. The van der Waals surface area contributed by atoms with Crippen LogP contribution in [0.1, 0.15) is 12.8 Å². The molecule has 1 N–H and O–H groups in total. The molecule has 2 aromatic carbocycles. The minimum atomic E-state index is 0.0118. The third-order valence-electron chi connectivity index (χ3n) is 3.80. The van der Waals surface area contributed by atoms with Gasteiger partial charge in [0.2, 0.25) is 5.91 Å². The van der Waals surface area contributed by atoms with Crippen molar-refractivity contribution in [1.29, 1.82) is 0 Å². The number of nitrogens with one attached hydrogen (secondary N) is 1. The van der Waals surface area contributed by atoms with E-state index in [2.05, 4.69) is 34.5 Å². The molecule has 3 rings (SSSR count). The van der Waals surface area contributed by atoms with Crippen molar-refractivity contribution in [1.82, 2.24) is 0 Å². The molecular weight excluding hydrogens is 328 g/mol. The summed E-state index contributed by atoms with van der Waals surface area (Å²) < 4.78 is 0. The maximum Gasteiger partial charge on any atom is 0.224 e. The molecule has 2 aromatic rings. The zero-order valence-electron chi connectivity index (χ0n) is 12.8. The molecule has 0 aromatic heterocycles. The molecule has 0 saturated carbocycles. The van der Waals surface area contributed by atoms with E-state index in [0.717, 1.165) is 25.3 Å². The lowest BCUT2D eigenvalue weighted by molar-refractivity contribution is -0.116. The van der Waals surface area contributed by atoms with Crippen molar-refractivity contribution < 1.29 is 4.79 Å². The summed E-state index contributed by atoms with van der Waals surface area (Å²) in [5, 5.41) is 3.45. The fraction of sp³-hybridized carbons (Fsp3) is 0.278. The normalized spacial score (nSPS) is 13.5. The minimum Gasteiger partial charge on any atom is -0.370 e. The summed E-state index contributed by atoms with van der Waals surface area (Å²) in [7, 11) is 0. The first-order valence-electron chi connectivity index (χ1n) is 7.75. The molecule has 1 aliphatic heterocycles. The van der Waals surface area contributed by atoms with E-state index in [-0.39, 0.29) is 5.91 Å². The molecule has 5 heteroatoms. The number of nitrogens with zero attached hydrogens (tertiary/aromatic N) is 1. The Bertz CT molecular complexity index is 692. The van der Waals surface area contributed by atoms with Crippen molar-refractivity contribution in [2.45, 2.75) is 17.7 Å². The quantitative estimate of drug-likeness (QED) is 0.853. The van der Waals surface area contributed by atoms with E-state index in [1.807, 2.05) is 30.0 Å². The number of rotatable bonds is 5. The number of thioether (sulfide) groups is 1. The van der Waals surface area contributed by atoms with E-state index in [9.17, 15) is 4.79 Å². The van der Waals surface area contributed by atoms with Gasteiger partial charge in [0.1, 0.15) is 0 Å². The van der Waals surface area contributed by atoms with Crippen molar-refractivity contribution >= 4 is 40.6 Å². The molecule has 1 heterocycles. The minimum absolute atomic E-state index is 0.0118. The summed E-state index contributed by atoms with van der Waals surface area (Å²) in [6.45, 7) is 1.93. The maximum absolute atomic E-state index is 12.1. The van der Waals surface area contributed by atoms with Crippen molar-refractivity contribution in [2.75, 3.05) is 29.1 Å². The van der Waals surface area contributed by atoms with Crippen LogP contribution in [-0.2, 0) is 4.79 Å². The van der Waals surface area contributed by atoms with E-state index in [0.29, 0.717) is 17.1 Å². The van der Waals surface area contributed by atoms with Crippen molar-refractivity contribution in [3.63, 3.8) is 0 Å². The van der Waals surface area contributed by atoms with E-state index in [1.54, 1.807) is 6.07 Å². The number of fused-ring (bicyclic) bond motifs is 1. The van der Waals surface area contributed by atoms with Gasteiger partial charge < -0.3 is 10.2 Å². The van der Waals surface area contributed by atoms with E-state index < -0.39 is 0 Å². The zero-order valence-corrected chi connectivity index (χ0v) is 14.4. The Hall–Kier alpha value is -1.65. The van der Waals surface area contributed by atoms with Crippen molar-refractivity contribution in [3.8, 4) is 0 Å². The summed E-state index contributed by atoms with van der Waals surface area (Å²) in [6, 6.07) is 15.8. The van der Waals surface area contributed by atoms with Gasteiger partial charge in [-0.05, 0) is 30.7 Å². The van der Waals surface area contributed by atoms with Crippen molar-refractivity contribution in [2.24, 2.45) is 0 Å². The lowest BCUT2D eigenvalue weighted by atomic mass is 10.2. The van der Waals surface area contributed by atoms with Crippen LogP contribution in [0.4, 0.5) is 11.4 Å². The highest BCUT2D eigenvalue weighted by atomic mass is 35.5. The van der Waals surface area contributed by atoms with Gasteiger partial charge in [0.05, 0.1) is 16.4 Å². The molecule has 0 bridgehead atoms. The van der Waals surface area contributed by atoms with Gasteiger partial charge in [0.25, 0.3) is 0 Å². The molecule has 0 unspecified atom stereocenters. The Balaban J connectivity index is 1.50. The molecule has 3 nitrogen and oxygen atoms in total. The summed E-state index contributed by atoms with van der Waals surface area (Å²) in [6.07, 6.45) is 1.33. The van der Waals surface area contributed by atoms with Gasteiger partial charge in [-0.1, -0.05) is 35.9 Å². The molecule has 0 atom stereocenters. The second-order valence-electron chi connectivity index (χ2n) is 5.43. The van der Waals surface area contributed by atoms with E-state index >= 15 is 0 Å². The third kappa shape index (κ3) is 4.21. The molecule has 0 fully saturated rings. The van der Waals surface area contributed by atoms with Gasteiger partial charge in [-0.15, -0.1) is 11.8 Å². The highest BCUT2D eigenvalue weighted by Gasteiger charge is 2.16. The Morgan fingerprint density at radius 2 is 1.96 bits per heavy atom. The first-order chi connectivity index (χ1) is 11.2. The summed E-state index contributed by atoms with van der Waals surface area (Å²) in [4.78, 5) is 15.8. The average Bonchev–Trinajstić information content (AvgIpc) is 2.57. The number of para-hydroxylation sites is 2. The van der Waals surface area contributed by atoms with Crippen LogP contribution in [0.15, 0.2) is 53.4 Å². The monoisotopic (exact) mass is 346 g/mol. The number of carbonyl (C=O) groups excluding carboxylic acids is 1. The number of amides is 1. The first-order valence-corrected chi connectivity index (χ1v) is 9.11. The number of benzene rings is 2. The predicted octanol–water partition coefficient (Wildman–Crippen LogP) is 4.67. The zero-order chi connectivity index (χ0) is 16.1. The van der Waals surface area contributed by atoms with Gasteiger partial charge in [-0.3, -0.25) is 4.79 Å². The summed E-state index contributed by atoms with van der Waals surface area (Å²) in [5.41, 5.74) is 1.97. The number of anilines is 2. The molecule has 0 aliphatic carbocycles. The molecule has 1 amide bonds. The average molecular weight is 347 g/mol. The van der Waals surface area contributed by atoms with Crippen molar-refractivity contribution in [3.05, 3.63) is 53.6 Å². The van der Waals surface area contributed by atoms with Crippen LogP contribution in [0, 0.1) is 0 Å². The Morgan fingerprint density at radius 3 is 2.83 bits per heavy atom. The predicted molar refractivity (Wildman–Crippen MR) is 98.7 cm³/mol. The lowest BCUT2D eigenvalue weighted by Crippen LogP contribution is -2.30. The number of hydrogen-bond donors (Lipinski definition) is 1. The highest BCUT2D eigenvalue weighted by molar-refractivity contribution is 7.99. The fourth-order valence-corrected chi connectivity index (χ4v) is 3.90. The number of halogens is 1. The number of hydrogen-bond acceptors (Lipinski definition) is 3.